The minimum absolute atomic E-state index is 0.00820. The SMILES string of the molecule is CCOC(=O)ON1CCN(C(=O)[C@H](CCC(=O)O)NC(=O)c2cc(OC3CCN(Cc4ccccc4)CC3)nc(-c3ccccc3)n2)CC1. The zero-order valence-electron chi connectivity index (χ0n) is 27.5. The number of carbonyl (C=O) groups is 4. The number of likely N-dealkylation sites (tertiary alicyclic amines) is 1. The molecule has 0 radical (unpaired) electrons. The summed E-state index contributed by atoms with van der Waals surface area (Å²) in [5.41, 5.74) is 1.93. The molecule has 2 amide bonds. The van der Waals surface area contributed by atoms with Gasteiger partial charge in [-0.1, -0.05) is 60.7 Å². The number of aliphatic carboxylic acids is 1. The first-order valence-electron chi connectivity index (χ1n) is 16.6. The van der Waals surface area contributed by atoms with Crippen molar-refractivity contribution >= 4 is 23.9 Å². The van der Waals surface area contributed by atoms with Crippen LogP contribution in [-0.2, 0) is 25.7 Å². The molecule has 2 aromatic carbocycles. The number of hydrogen-bond donors (Lipinski definition) is 2. The van der Waals surface area contributed by atoms with Gasteiger partial charge < -0.3 is 29.6 Å². The summed E-state index contributed by atoms with van der Waals surface area (Å²) in [5.74, 6) is -1.67. The number of rotatable bonds is 13. The van der Waals surface area contributed by atoms with E-state index in [2.05, 4.69) is 32.3 Å². The highest BCUT2D eigenvalue weighted by atomic mass is 16.8. The molecule has 2 fully saturated rings. The number of ether oxygens (including phenoxy) is 2. The third kappa shape index (κ3) is 10.5. The highest BCUT2D eigenvalue weighted by Crippen LogP contribution is 2.23. The van der Waals surface area contributed by atoms with Gasteiger partial charge in [-0.3, -0.25) is 19.3 Å². The van der Waals surface area contributed by atoms with E-state index in [4.69, 9.17) is 14.3 Å². The summed E-state index contributed by atoms with van der Waals surface area (Å²) in [6.45, 7) is 5.24. The van der Waals surface area contributed by atoms with Crippen LogP contribution in [-0.4, -0.2) is 112 Å². The number of hydrogen-bond acceptors (Lipinski definition) is 11. The molecule has 3 heterocycles. The molecule has 14 nitrogen and oxygen atoms in total. The molecule has 3 aromatic rings. The summed E-state index contributed by atoms with van der Waals surface area (Å²) in [6.07, 6.45) is 0.162. The standard InChI is InChI=1S/C35H42N6O8/c1-2-47-35(46)49-41-21-19-40(20-22-41)34(45)28(13-14-31(42)43)37-33(44)29-23-30(38-32(36-29)26-11-7-4-8-12-26)48-27-15-17-39(18-16-27)24-25-9-5-3-6-10-25/h3-12,23,27-28H,2,13-22,24H2,1H3,(H,37,44)(H,42,43)/t28-/m0/s1. The van der Waals surface area contributed by atoms with E-state index in [1.165, 1.54) is 21.6 Å². The summed E-state index contributed by atoms with van der Waals surface area (Å²) >= 11 is 0. The molecule has 1 aromatic heterocycles. The van der Waals surface area contributed by atoms with Crippen LogP contribution in [0.5, 0.6) is 5.88 Å². The van der Waals surface area contributed by atoms with Crippen molar-refractivity contribution in [3.8, 4) is 17.3 Å². The molecule has 1 atom stereocenters. The number of carboxylic acids is 1. The number of piperazine rings is 1. The number of piperidine rings is 1. The molecule has 0 bridgehead atoms. The predicted molar refractivity (Wildman–Crippen MR) is 177 cm³/mol. The number of hydroxylamine groups is 2. The maximum Gasteiger partial charge on any atom is 0.527 e. The minimum Gasteiger partial charge on any atom is -0.481 e. The zero-order valence-corrected chi connectivity index (χ0v) is 27.5. The lowest BCUT2D eigenvalue weighted by atomic mass is 10.1. The quantitative estimate of drug-likeness (QED) is 0.255. The predicted octanol–water partition coefficient (Wildman–Crippen LogP) is 3.38. The van der Waals surface area contributed by atoms with Crippen LogP contribution in [0.2, 0.25) is 0 Å². The van der Waals surface area contributed by atoms with Crippen molar-refractivity contribution in [2.45, 2.75) is 51.3 Å². The fourth-order valence-corrected chi connectivity index (χ4v) is 5.74. The van der Waals surface area contributed by atoms with Crippen molar-refractivity contribution in [2.75, 3.05) is 45.9 Å². The van der Waals surface area contributed by atoms with Crippen molar-refractivity contribution in [1.29, 1.82) is 0 Å². The van der Waals surface area contributed by atoms with Gasteiger partial charge in [-0.25, -0.2) is 9.78 Å². The van der Waals surface area contributed by atoms with Gasteiger partial charge in [0, 0.05) is 50.8 Å². The first-order valence-corrected chi connectivity index (χ1v) is 16.6. The van der Waals surface area contributed by atoms with E-state index in [9.17, 15) is 24.3 Å². The molecule has 49 heavy (non-hydrogen) atoms. The third-order valence-corrected chi connectivity index (χ3v) is 8.30. The number of carbonyl (C=O) groups excluding carboxylic acids is 3. The normalized spacial score (nSPS) is 16.4. The van der Waals surface area contributed by atoms with E-state index in [1.807, 2.05) is 48.5 Å². The summed E-state index contributed by atoms with van der Waals surface area (Å²) in [5, 5.41) is 13.5. The summed E-state index contributed by atoms with van der Waals surface area (Å²) < 4.78 is 11.1. The Hall–Kier alpha value is -5.08. The Labute approximate surface area is 284 Å². The van der Waals surface area contributed by atoms with Crippen LogP contribution in [0.4, 0.5) is 4.79 Å². The zero-order chi connectivity index (χ0) is 34.6. The molecule has 14 heteroatoms. The third-order valence-electron chi connectivity index (χ3n) is 8.30. The molecule has 2 aliphatic rings. The average molecular weight is 675 g/mol. The lowest BCUT2D eigenvalue weighted by Gasteiger charge is -2.35. The monoisotopic (exact) mass is 674 g/mol. The second-order valence-electron chi connectivity index (χ2n) is 11.8. The largest absolute Gasteiger partial charge is 0.527 e. The number of nitrogens with one attached hydrogen (secondary N) is 1. The molecular weight excluding hydrogens is 632 g/mol. The Bertz CT molecular complexity index is 1560. The highest BCUT2D eigenvalue weighted by Gasteiger charge is 2.31. The summed E-state index contributed by atoms with van der Waals surface area (Å²) in [4.78, 5) is 68.6. The Kier molecular flexibility index (Phi) is 12.5. The number of aromatic nitrogens is 2. The second kappa shape index (κ2) is 17.4. The van der Waals surface area contributed by atoms with Crippen LogP contribution in [0.3, 0.4) is 0 Å². The first kappa shape index (κ1) is 35.2. The van der Waals surface area contributed by atoms with Crippen LogP contribution < -0.4 is 10.1 Å². The Morgan fingerprint density at radius 3 is 2.24 bits per heavy atom. The van der Waals surface area contributed by atoms with Crippen LogP contribution in [0.1, 0.15) is 48.7 Å². The molecule has 0 spiro atoms. The fraction of sp³-hybridized carbons (Fsp3) is 0.429. The number of carboxylic acid groups (broad SMARTS) is 1. The Morgan fingerprint density at radius 1 is 0.918 bits per heavy atom. The van der Waals surface area contributed by atoms with Crippen LogP contribution >= 0.6 is 0 Å². The van der Waals surface area contributed by atoms with Crippen LogP contribution in [0.25, 0.3) is 11.4 Å². The topological polar surface area (TPSA) is 164 Å². The number of nitrogens with zero attached hydrogens (tertiary/aromatic N) is 5. The van der Waals surface area contributed by atoms with E-state index in [0.29, 0.717) is 5.56 Å². The van der Waals surface area contributed by atoms with E-state index in [1.54, 1.807) is 6.92 Å². The van der Waals surface area contributed by atoms with Crippen molar-refractivity contribution in [2.24, 2.45) is 0 Å². The van der Waals surface area contributed by atoms with Gasteiger partial charge in [0.15, 0.2) is 5.82 Å². The Morgan fingerprint density at radius 2 is 1.59 bits per heavy atom. The van der Waals surface area contributed by atoms with Gasteiger partial charge in [0.2, 0.25) is 11.8 Å². The van der Waals surface area contributed by atoms with Crippen LogP contribution in [0, 0.1) is 0 Å². The van der Waals surface area contributed by atoms with Gasteiger partial charge in [-0.2, -0.15) is 4.98 Å². The maximum absolute atomic E-state index is 13.7. The van der Waals surface area contributed by atoms with Gasteiger partial charge >= 0.3 is 12.1 Å². The fourth-order valence-electron chi connectivity index (χ4n) is 5.74. The molecule has 0 saturated carbocycles. The molecule has 2 N–H and O–H groups in total. The van der Waals surface area contributed by atoms with Crippen molar-refractivity contribution in [1.82, 2.24) is 30.1 Å². The van der Waals surface area contributed by atoms with Gasteiger partial charge in [-0.05, 0) is 31.7 Å². The van der Waals surface area contributed by atoms with Gasteiger partial charge in [0.25, 0.3) is 5.91 Å². The van der Waals surface area contributed by atoms with Crippen molar-refractivity contribution < 1.29 is 38.6 Å². The van der Waals surface area contributed by atoms with Crippen molar-refractivity contribution in [3.63, 3.8) is 0 Å². The first-order chi connectivity index (χ1) is 23.8. The molecule has 0 unspecified atom stereocenters. The molecule has 5 rings (SSSR count). The molecule has 0 aliphatic carbocycles. The van der Waals surface area contributed by atoms with E-state index < -0.39 is 30.0 Å². The second-order valence-corrected chi connectivity index (χ2v) is 11.8. The Balaban J connectivity index is 1.27. The van der Waals surface area contributed by atoms with Gasteiger partial charge in [0.1, 0.15) is 17.8 Å². The summed E-state index contributed by atoms with van der Waals surface area (Å²) in [6, 6.07) is 19.8. The van der Waals surface area contributed by atoms with E-state index in [-0.39, 0.29) is 69.1 Å². The number of amides is 2. The van der Waals surface area contributed by atoms with Gasteiger partial charge in [0.05, 0.1) is 19.7 Å². The van der Waals surface area contributed by atoms with Crippen molar-refractivity contribution in [3.05, 3.63) is 78.0 Å². The molecule has 2 aliphatic heterocycles. The van der Waals surface area contributed by atoms with Crippen LogP contribution in [0.15, 0.2) is 66.7 Å². The summed E-state index contributed by atoms with van der Waals surface area (Å²) in [7, 11) is 0. The van der Waals surface area contributed by atoms with Gasteiger partial charge in [-0.15, -0.1) is 5.06 Å². The lowest BCUT2D eigenvalue weighted by molar-refractivity contribution is -0.157. The van der Waals surface area contributed by atoms with E-state index >= 15 is 0 Å². The van der Waals surface area contributed by atoms with E-state index in [0.717, 1.165) is 32.5 Å². The average Bonchev–Trinajstić information content (AvgIpc) is 3.11. The highest BCUT2D eigenvalue weighted by molar-refractivity contribution is 5.96. The molecule has 260 valence electrons. The lowest BCUT2D eigenvalue weighted by Crippen LogP contribution is -2.55. The minimum atomic E-state index is -1.13. The number of benzene rings is 2. The molecule has 2 saturated heterocycles. The maximum atomic E-state index is 13.7. The smallest absolute Gasteiger partial charge is 0.481 e. The molecular formula is C35H42N6O8.